The van der Waals surface area contributed by atoms with Crippen molar-refractivity contribution in [3.63, 3.8) is 0 Å². The van der Waals surface area contributed by atoms with E-state index in [1.807, 2.05) is 0 Å². The highest BCUT2D eigenvalue weighted by atomic mass is 16.7. The molecule has 0 aromatic heterocycles. The van der Waals surface area contributed by atoms with Crippen LogP contribution in [0, 0.1) is 0 Å². The van der Waals surface area contributed by atoms with Crippen LogP contribution >= 0.6 is 0 Å². The van der Waals surface area contributed by atoms with Gasteiger partial charge in [0.05, 0.1) is 6.10 Å². The van der Waals surface area contributed by atoms with Crippen molar-refractivity contribution in [2.24, 2.45) is 0 Å². The van der Waals surface area contributed by atoms with E-state index in [1.165, 1.54) is 14.0 Å². The van der Waals surface area contributed by atoms with E-state index in [4.69, 9.17) is 14.2 Å². The van der Waals surface area contributed by atoms with E-state index < -0.39 is 30.6 Å². The molecule has 1 N–H and O–H groups in total. The van der Waals surface area contributed by atoms with Crippen molar-refractivity contribution in [2.45, 2.75) is 44.9 Å². The van der Waals surface area contributed by atoms with Gasteiger partial charge in [0, 0.05) is 20.5 Å². The van der Waals surface area contributed by atoms with Crippen LogP contribution in [0.5, 0.6) is 0 Å². The third-order valence-electron chi connectivity index (χ3n) is 2.23. The van der Waals surface area contributed by atoms with E-state index >= 15 is 0 Å². The summed E-state index contributed by atoms with van der Waals surface area (Å²) in [7, 11) is 1.51. The van der Waals surface area contributed by atoms with Crippen LogP contribution in [0.25, 0.3) is 0 Å². The molecule has 1 saturated heterocycles. The normalized spacial score (nSPS) is 38.0. The number of aliphatic hydroxyl groups excluding tert-OH is 1. The number of methoxy groups -OCH3 is 1. The fraction of sp³-hybridized carbons (Fsp3) is 0.889. The van der Waals surface area contributed by atoms with Crippen molar-refractivity contribution in [3.8, 4) is 0 Å². The molecule has 0 aromatic carbocycles. The minimum Gasteiger partial charge on any atom is -0.459 e. The van der Waals surface area contributed by atoms with Crippen LogP contribution in [-0.2, 0) is 19.0 Å². The van der Waals surface area contributed by atoms with Crippen LogP contribution in [-0.4, -0.2) is 42.8 Å². The van der Waals surface area contributed by atoms with Crippen molar-refractivity contribution in [1.82, 2.24) is 0 Å². The predicted octanol–water partition coefficient (Wildman–Crippen LogP) is 0.0603. The summed E-state index contributed by atoms with van der Waals surface area (Å²) in [5.41, 5.74) is 0. The Morgan fingerprint density at radius 3 is 2.71 bits per heavy atom. The number of hydrogen-bond acceptors (Lipinski definition) is 5. The van der Waals surface area contributed by atoms with Crippen molar-refractivity contribution < 1.29 is 24.1 Å². The maximum absolute atomic E-state index is 10.7. The molecular formula is C9H16O5. The quantitative estimate of drug-likeness (QED) is 0.644. The Morgan fingerprint density at radius 2 is 2.21 bits per heavy atom. The third kappa shape index (κ3) is 2.67. The highest BCUT2D eigenvalue weighted by Gasteiger charge is 2.37. The molecule has 0 aromatic rings. The second-order valence-electron chi connectivity index (χ2n) is 3.38. The largest absolute Gasteiger partial charge is 0.459 e. The van der Waals surface area contributed by atoms with Crippen LogP contribution in [0.4, 0.5) is 0 Å². The van der Waals surface area contributed by atoms with Crippen LogP contribution in [0.3, 0.4) is 0 Å². The Balaban J connectivity index is 2.57. The minimum atomic E-state index is -0.787. The van der Waals surface area contributed by atoms with E-state index in [1.54, 1.807) is 6.92 Å². The van der Waals surface area contributed by atoms with Crippen molar-refractivity contribution in [3.05, 3.63) is 0 Å². The summed E-state index contributed by atoms with van der Waals surface area (Å²) in [6, 6.07) is 0. The first kappa shape index (κ1) is 11.4. The zero-order valence-corrected chi connectivity index (χ0v) is 8.60. The molecule has 0 spiro atoms. The molecule has 5 nitrogen and oxygen atoms in total. The molecule has 5 heteroatoms. The van der Waals surface area contributed by atoms with E-state index in [0.717, 1.165) is 0 Å². The molecule has 1 heterocycles. The van der Waals surface area contributed by atoms with Gasteiger partial charge in [0.15, 0.2) is 6.29 Å². The number of aliphatic hydroxyl groups is 1. The molecule has 1 aliphatic heterocycles. The molecule has 0 aliphatic carbocycles. The number of hydrogen-bond donors (Lipinski definition) is 1. The van der Waals surface area contributed by atoms with Crippen LogP contribution in [0.1, 0.15) is 20.3 Å². The fourth-order valence-corrected chi connectivity index (χ4v) is 1.49. The van der Waals surface area contributed by atoms with Crippen LogP contribution < -0.4 is 0 Å². The first-order valence-corrected chi connectivity index (χ1v) is 4.58. The Labute approximate surface area is 82.9 Å². The highest BCUT2D eigenvalue weighted by Crippen LogP contribution is 2.22. The molecule has 1 aliphatic rings. The molecule has 0 bridgehead atoms. The maximum Gasteiger partial charge on any atom is 0.302 e. The van der Waals surface area contributed by atoms with Gasteiger partial charge in [-0.3, -0.25) is 4.79 Å². The lowest BCUT2D eigenvalue weighted by atomic mass is 10.0. The van der Waals surface area contributed by atoms with Crippen molar-refractivity contribution in [2.75, 3.05) is 7.11 Å². The molecule has 0 radical (unpaired) electrons. The minimum absolute atomic E-state index is 0.363. The zero-order valence-electron chi connectivity index (χ0n) is 8.60. The van der Waals surface area contributed by atoms with Gasteiger partial charge in [0.25, 0.3) is 0 Å². The lowest BCUT2D eigenvalue weighted by Crippen LogP contribution is -2.49. The first-order chi connectivity index (χ1) is 6.54. The second kappa shape index (κ2) is 4.72. The maximum atomic E-state index is 10.7. The topological polar surface area (TPSA) is 65.0 Å². The molecule has 0 saturated carbocycles. The van der Waals surface area contributed by atoms with Crippen LogP contribution in [0.2, 0.25) is 0 Å². The Kier molecular flexibility index (Phi) is 3.86. The average molecular weight is 204 g/mol. The average Bonchev–Trinajstić information content (AvgIpc) is 2.11. The Bertz CT molecular complexity index is 205. The molecule has 4 atom stereocenters. The molecule has 0 amide bonds. The monoisotopic (exact) mass is 204 g/mol. The van der Waals surface area contributed by atoms with Gasteiger partial charge >= 0.3 is 5.97 Å². The molecule has 14 heavy (non-hydrogen) atoms. The lowest BCUT2D eigenvalue weighted by molar-refractivity contribution is -0.242. The van der Waals surface area contributed by atoms with Gasteiger partial charge in [0.2, 0.25) is 0 Å². The second-order valence-corrected chi connectivity index (χ2v) is 3.38. The number of carbonyl (C=O) groups is 1. The van der Waals surface area contributed by atoms with Gasteiger partial charge in [-0.05, 0) is 6.92 Å². The van der Waals surface area contributed by atoms with Crippen LogP contribution in [0.15, 0.2) is 0 Å². The number of esters is 1. The number of carbonyl (C=O) groups excluding carboxylic acids is 1. The molecular weight excluding hydrogens is 188 g/mol. The van der Waals surface area contributed by atoms with Gasteiger partial charge in [0.1, 0.15) is 12.2 Å². The fourth-order valence-electron chi connectivity index (χ4n) is 1.49. The highest BCUT2D eigenvalue weighted by molar-refractivity contribution is 5.66. The van der Waals surface area contributed by atoms with E-state index in [-0.39, 0.29) is 0 Å². The van der Waals surface area contributed by atoms with Gasteiger partial charge in [-0.2, -0.15) is 0 Å². The zero-order chi connectivity index (χ0) is 10.7. The Morgan fingerprint density at radius 1 is 1.57 bits per heavy atom. The third-order valence-corrected chi connectivity index (χ3v) is 2.23. The molecule has 1 fully saturated rings. The van der Waals surface area contributed by atoms with Crippen molar-refractivity contribution >= 4 is 5.97 Å². The van der Waals surface area contributed by atoms with E-state index in [2.05, 4.69) is 0 Å². The SMILES string of the molecule is CO[C@@H]1C[C@H](OC(C)=O)[C@@H](O)[C@@H](C)O1. The van der Waals surface area contributed by atoms with Crippen molar-refractivity contribution in [1.29, 1.82) is 0 Å². The van der Waals surface area contributed by atoms with Gasteiger partial charge in [-0.25, -0.2) is 0 Å². The summed E-state index contributed by atoms with van der Waals surface area (Å²) in [5, 5.41) is 9.64. The number of ether oxygens (including phenoxy) is 3. The van der Waals surface area contributed by atoms with E-state index in [0.29, 0.717) is 6.42 Å². The van der Waals surface area contributed by atoms with Gasteiger partial charge in [-0.1, -0.05) is 0 Å². The Hall–Kier alpha value is -0.650. The summed E-state index contributed by atoms with van der Waals surface area (Å²) < 4.78 is 15.3. The van der Waals surface area contributed by atoms with Gasteiger partial charge < -0.3 is 19.3 Å². The summed E-state index contributed by atoms with van der Waals surface area (Å²) >= 11 is 0. The van der Waals surface area contributed by atoms with E-state index in [9.17, 15) is 9.90 Å². The summed E-state index contributed by atoms with van der Waals surface area (Å²) in [6.07, 6.45) is -1.77. The lowest BCUT2D eigenvalue weighted by Gasteiger charge is -2.36. The molecule has 1 rings (SSSR count). The predicted molar refractivity (Wildman–Crippen MR) is 47.5 cm³/mol. The summed E-state index contributed by atoms with van der Waals surface area (Å²) in [6.45, 7) is 3.03. The van der Waals surface area contributed by atoms with Gasteiger partial charge in [-0.15, -0.1) is 0 Å². The summed E-state index contributed by atoms with van der Waals surface area (Å²) in [5.74, 6) is -0.405. The smallest absolute Gasteiger partial charge is 0.302 e. The standard InChI is InChI=1S/C9H16O5/c1-5-9(11)7(14-6(2)10)4-8(12-3)13-5/h5,7-9,11H,4H2,1-3H3/t5-,7+,8+,9+/m1/s1. The first-order valence-electron chi connectivity index (χ1n) is 4.58. The molecule has 82 valence electrons. The molecule has 0 unspecified atom stereocenters. The number of rotatable bonds is 2. The summed E-state index contributed by atoms with van der Waals surface area (Å²) in [4.78, 5) is 10.7.